The van der Waals surface area contributed by atoms with Gasteiger partial charge in [-0.1, -0.05) is 57.5 Å². The van der Waals surface area contributed by atoms with Gasteiger partial charge in [-0.25, -0.2) is 0 Å². The molecule has 1 fully saturated rings. The Kier molecular flexibility index (Phi) is 11.4. The van der Waals surface area contributed by atoms with Crippen LogP contribution in [0.3, 0.4) is 0 Å². The summed E-state index contributed by atoms with van der Waals surface area (Å²) in [5.74, 6) is 0.759. The van der Waals surface area contributed by atoms with Gasteiger partial charge in [-0.2, -0.15) is 0 Å². The van der Waals surface area contributed by atoms with Crippen molar-refractivity contribution in [3.63, 3.8) is 0 Å². The molecule has 0 saturated carbocycles. The molecule has 0 N–H and O–H groups in total. The van der Waals surface area contributed by atoms with Crippen LogP contribution in [-0.2, 0) is 9.53 Å². The molecule has 0 atom stereocenters. The number of carbonyl (C=O) groups excluding carboxylic acids is 1. The Bertz CT molecular complexity index is 326. The van der Waals surface area contributed by atoms with Crippen LogP contribution in [0.1, 0.15) is 40.5 Å². The van der Waals surface area contributed by atoms with E-state index in [1.807, 2.05) is 58.0 Å². The van der Waals surface area contributed by atoms with Crippen molar-refractivity contribution in [3.05, 3.63) is 35.4 Å². The molecule has 2 rings (SSSR count). The predicted molar refractivity (Wildman–Crippen MR) is 86.2 cm³/mol. The minimum Gasteiger partial charge on any atom is -0.381 e. The zero-order valence-corrected chi connectivity index (χ0v) is 13.8. The summed E-state index contributed by atoms with van der Waals surface area (Å²) >= 11 is 5.54. The highest BCUT2D eigenvalue weighted by Crippen LogP contribution is 2.04. The number of ketones is 1. The minimum absolute atomic E-state index is 0.204. The predicted octanol–water partition coefficient (Wildman–Crippen LogP) is 5.00. The van der Waals surface area contributed by atoms with E-state index >= 15 is 0 Å². The van der Waals surface area contributed by atoms with Crippen LogP contribution in [-0.4, -0.2) is 19.0 Å². The quantitative estimate of drug-likeness (QED) is 0.767. The highest BCUT2D eigenvalue weighted by atomic mass is 35.5. The van der Waals surface area contributed by atoms with E-state index in [9.17, 15) is 4.79 Å². The highest BCUT2D eigenvalue weighted by Gasteiger charge is 2.09. The second kappa shape index (κ2) is 11.9. The molecule has 3 heteroatoms. The van der Waals surface area contributed by atoms with Gasteiger partial charge in [0.05, 0.1) is 0 Å². The van der Waals surface area contributed by atoms with Gasteiger partial charge in [0.25, 0.3) is 0 Å². The molecular weight excluding hydrogens is 272 g/mol. The normalized spacial score (nSPS) is 13.3. The van der Waals surface area contributed by atoms with Crippen molar-refractivity contribution in [3.8, 4) is 0 Å². The van der Waals surface area contributed by atoms with Crippen LogP contribution >= 0.6 is 11.6 Å². The molecule has 1 saturated heterocycles. The molecular formula is C17H27ClO2. The van der Waals surface area contributed by atoms with Gasteiger partial charge in [-0.05, 0) is 25.0 Å². The third-order valence-corrected chi connectivity index (χ3v) is 2.95. The first-order valence-electron chi connectivity index (χ1n) is 7.27. The standard InChI is InChI=1S/C7H14O.C6H5Cl.C4H8O/c1-5(2)7(8)6(3)4;7-6-4-2-1-3-5-6;1-2-4-5-3-1/h5-6H,1-4H3;1-5H;1-4H2. The SMILES string of the molecule is C1CCOC1.CC(C)C(=O)C(C)C.Clc1ccccc1. The fraction of sp³-hybridized carbons (Fsp3) is 0.588. The zero-order valence-electron chi connectivity index (χ0n) is 13.1. The van der Waals surface area contributed by atoms with E-state index in [0.29, 0.717) is 5.78 Å². The monoisotopic (exact) mass is 298 g/mol. The summed E-state index contributed by atoms with van der Waals surface area (Å²) in [6, 6.07) is 9.44. The van der Waals surface area contributed by atoms with Crippen LogP contribution in [0.2, 0.25) is 5.02 Å². The summed E-state index contributed by atoms with van der Waals surface area (Å²) in [5, 5.41) is 0.794. The summed E-state index contributed by atoms with van der Waals surface area (Å²) in [6.07, 6.45) is 2.56. The first kappa shape index (κ1) is 19.1. The van der Waals surface area contributed by atoms with Gasteiger partial charge >= 0.3 is 0 Å². The van der Waals surface area contributed by atoms with Crippen molar-refractivity contribution in [2.24, 2.45) is 11.8 Å². The Morgan fingerprint density at radius 1 is 1.00 bits per heavy atom. The van der Waals surface area contributed by atoms with Crippen molar-refractivity contribution >= 4 is 17.4 Å². The molecule has 0 amide bonds. The molecule has 0 spiro atoms. The molecule has 0 bridgehead atoms. The number of carbonyl (C=O) groups is 1. The highest BCUT2D eigenvalue weighted by molar-refractivity contribution is 6.30. The molecule has 1 aliphatic rings. The van der Waals surface area contributed by atoms with Crippen molar-refractivity contribution < 1.29 is 9.53 Å². The Morgan fingerprint density at radius 2 is 1.45 bits per heavy atom. The van der Waals surface area contributed by atoms with Crippen molar-refractivity contribution in [1.29, 1.82) is 0 Å². The largest absolute Gasteiger partial charge is 0.381 e. The molecule has 20 heavy (non-hydrogen) atoms. The van der Waals surface area contributed by atoms with Gasteiger partial charge in [0.15, 0.2) is 0 Å². The third kappa shape index (κ3) is 11.0. The van der Waals surface area contributed by atoms with E-state index in [1.54, 1.807) is 0 Å². The summed E-state index contributed by atoms with van der Waals surface area (Å²) < 4.78 is 4.94. The Balaban J connectivity index is 0.000000276. The zero-order chi connectivity index (χ0) is 15.4. The van der Waals surface area contributed by atoms with Gasteiger partial charge in [0.1, 0.15) is 5.78 Å². The number of Topliss-reactive ketones (excluding diaryl/α,β-unsaturated/α-hetero) is 1. The Labute approximate surface area is 128 Å². The fourth-order valence-electron chi connectivity index (χ4n) is 1.59. The average molecular weight is 299 g/mol. The van der Waals surface area contributed by atoms with E-state index in [1.165, 1.54) is 12.8 Å². The summed E-state index contributed by atoms with van der Waals surface area (Å²) in [5.41, 5.74) is 0. The molecule has 0 radical (unpaired) electrons. The molecule has 2 nitrogen and oxygen atoms in total. The van der Waals surface area contributed by atoms with E-state index in [4.69, 9.17) is 16.3 Å². The van der Waals surface area contributed by atoms with Crippen LogP contribution < -0.4 is 0 Å². The first-order chi connectivity index (χ1) is 9.45. The lowest BCUT2D eigenvalue weighted by Crippen LogP contribution is -2.13. The molecule has 114 valence electrons. The van der Waals surface area contributed by atoms with Crippen LogP contribution in [0.5, 0.6) is 0 Å². The molecule has 1 aliphatic heterocycles. The number of halogens is 1. The average Bonchev–Trinajstić information content (AvgIpc) is 2.98. The number of benzene rings is 1. The van der Waals surface area contributed by atoms with Gasteiger partial charge in [-0.15, -0.1) is 0 Å². The summed E-state index contributed by atoms with van der Waals surface area (Å²) in [6.45, 7) is 9.73. The van der Waals surface area contributed by atoms with Crippen molar-refractivity contribution in [1.82, 2.24) is 0 Å². The van der Waals surface area contributed by atoms with E-state index in [-0.39, 0.29) is 11.8 Å². The molecule has 0 aromatic heterocycles. The fourth-order valence-corrected chi connectivity index (χ4v) is 1.74. The lowest BCUT2D eigenvalue weighted by Gasteiger charge is -2.05. The molecule has 0 aliphatic carbocycles. The maximum Gasteiger partial charge on any atom is 0.137 e. The number of hydrogen-bond donors (Lipinski definition) is 0. The van der Waals surface area contributed by atoms with Crippen molar-refractivity contribution in [2.45, 2.75) is 40.5 Å². The molecule has 1 aromatic rings. The van der Waals surface area contributed by atoms with Crippen LogP contribution in [0.25, 0.3) is 0 Å². The van der Waals surface area contributed by atoms with Gasteiger partial charge < -0.3 is 4.74 Å². The lowest BCUT2D eigenvalue weighted by molar-refractivity contribution is -0.124. The third-order valence-electron chi connectivity index (χ3n) is 2.70. The number of rotatable bonds is 2. The molecule has 0 unspecified atom stereocenters. The van der Waals surface area contributed by atoms with Gasteiger partial charge in [-0.3, -0.25) is 4.79 Å². The molecule has 1 aromatic carbocycles. The van der Waals surface area contributed by atoms with Gasteiger partial charge in [0.2, 0.25) is 0 Å². The second-order valence-electron chi connectivity index (χ2n) is 5.33. The first-order valence-corrected chi connectivity index (χ1v) is 7.65. The van der Waals surface area contributed by atoms with E-state index in [2.05, 4.69) is 0 Å². The van der Waals surface area contributed by atoms with Crippen LogP contribution in [0, 0.1) is 11.8 Å². The summed E-state index contributed by atoms with van der Waals surface area (Å²) in [4.78, 5) is 10.8. The van der Waals surface area contributed by atoms with Crippen molar-refractivity contribution in [2.75, 3.05) is 13.2 Å². The van der Waals surface area contributed by atoms with Crippen LogP contribution in [0.4, 0.5) is 0 Å². The lowest BCUT2D eigenvalue weighted by atomic mass is 9.99. The molecule has 1 heterocycles. The maximum absolute atomic E-state index is 10.8. The second-order valence-corrected chi connectivity index (χ2v) is 5.76. The van der Waals surface area contributed by atoms with E-state index < -0.39 is 0 Å². The Hall–Kier alpha value is -0.860. The maximum atomic E-state index is 10.8. The van der Waals surface area contributed by atoms with Gasteiger partial charge in [0, 0.05) is 30.1 Å². The Morgan fingerprint density at radius 3 is 1.60 bits per heavy atom. The van der Waals surface area contributed by atoms with E-state index in [0.717, 1.165) is 18.2 Å². The topological polar surface area (TPSA) is 26.3 Å². The number of hydrogen-bond acceptors (Lipinski definition) is 2. The minimum atomic E-state index is 0.204. The summed E-state index contributed by atoms with van der Waals surface area (Å²) in [7, 11) is 0. The smallest absolute Gasteiger partial charge is 0.137 e. The van der Waals surface area contributed by atoms with Crippen LogP contribution in [0.15, 0.2) is 30.3 Å². The number of ether oxygens (including phenoxy) is 1.